The van der Waals surface area contributed by atoms with E-state index in [2.05, 4.69) is 0 Å². The van der Waals surface area contributed by atoms with Crippen LogP contribution in [0, 0.1) is 10.1 Å². The van der Waals surface area contributed by atoms with E-state index in [9.17, 15) is 19.7 Å². The Bertz CT molecular complexity index is 1560. The molecule has 0 aliphatic carbocycles. The lowest BCUT2D eigenvalue weighted by Gasteiger charge is -2.35. The highest BCUT2D eigenvalue weighted by Crippen LogP contribution is 2.37. The van der Waals surface area contributed by atoms with E-state index < -0.39 is 28.5 Å². The summed E-state index contributed by atoms with van der Waals surface area (Å²) in [5, 5.41) is 12.2. The number of esters is 1. The van der Waals surface area contributed by atoms with Gasteiger partial charge >= 0.3 is 5.97 Å². The van der Waals surface area contributed by atoms with E-state index in [-0.39, 0.29) is 43.2 Å². The Balaban J connectivity index is 1.46. The number of nitro groups is 1. The molecule has 0 saturated heterocycles. The number of fused-ring (bicyclic) bond motifs is 1. The van der Waals surface area contributed by atoms with Crippen molar-refractivity contribution in [1.29, 1.82) is 0 Å². The van der Waals surface area contributed by atoms with Crippen LogP contribution in [-0.4, -0.2) is 34.9 Å². The zero-order valence-electron chi connectivity index (χ0n) is 22.4. The summed E-state index contributed by atoms with van der Waals surface area (Å²) in [5.74, 6) is -0.979. The highest BCUT2D eigenvalue weighted by molar-refractivity contribution is 6.01. The number of carbonyl (C=O) groups is 2. The number of carbonyl (C=O) groups excluding carboxylic acids is 2. The first kappa shape index (κ1) is 27.4. The maximum atomic E-state index is 14.0. The number of ether oxygens (including phenoxy) is 3. The van der Waals surface area contributed by atoms with Crippen LogP contribution >= 0.6 is 0 Å². The van der Waals surface area contributed by atoms with Crippen molar-refractivity contribution in [2.45, 2.75) is 32.2 Å². The zero-order valence-corrected chi connectivity index (χ0v) is 22.4. The fourth-order valence-electron chi connectivity index (χ4n) is 4.81. The Kier molecular flexibility index (Phi) is 8.24. The van der Waals surface area contributed by atoms with Gasteiger partial charge in [0.15, 0.2) is 11.5 Å². The molecule has 0 radical (unpaired) electrons. The molecule has 5 rings (SSSR count). The standard InChI is InChI=1S/C32H28N2O7/c1-39-29-17-26(27(34(37)38)18-30(29)40-20-22-10-4-2-5-11-22)31(35)33-19-25-15-9-8-14-24(25)16-28(33)32(36)41-21-23-12-6-3-7-13-23/h2-15,17-18,28H,16,19-21H2,1H3/t28-/m0/s1. The minimum Gasteiger partial charge on any atom is -0.493 e. The topological polar surface area (TPSA) is 108 Å². The van der Waals surface area contributed by atoms with Gasteiger partial charge in [-0.25, -0.2) is 4.79 Å². The lowest BCUT2D eigenvalue weighted by molar-refractivity contribution is -0.385. The van der Waals surface area contributed by atoms with E-state index in [1.165, 1.54) is 24.1 Å². The summed E-state index contributed by atoms with van der Waals surface area (Å²) < 4.78 is 16.9. The Labute approximate surface area is 237 Å². The van der Waals surface area contributed by atoms with Crippen LogP contribution in [0.25, 0.3) is 0 Å². The van der Waals surface area contributed by atoms with E-state index in [0.717, 1.165) is 22.3 Å². The molecule has 0 fully saturated rings. The quantitative estimate of drug-likeness (QED) is 0.153. The van der Waals surface area contributed by atoms with Crippen LogP contribution in [-0.2, 0) is 35.7 Å². The highest BCUT2D eigenvalue weighted by Gasteiger charge is 2.39. The molecule has 41 heavy (non-hydrogen) atoms. The van der Waals surface area contributed by atoms with Gasteiger partial charge in [-0.05, 0) is 22.3 Å². The molecule has 4 aromatic rings. The summed E-state index contributed by atoms with van der Waals surface area (Å²) in [6, 6.07) is 27.6. The van der Waals surface area contributed by atoms with Gasteiger partial charge in [0.1, 0.15) is 24.8 Å². The first-order valence-electron chi connectivity index (χ1n) is 13.1. The van der Waals surface area contributed by atoms with Gasteiger partial charge in [-0.15, -0.1) is 0 Å². The second-order valence-electron chi connectivity index (χ2n) is 9.57. The van der Waals surface area contributed by atoms with Crippen molar-refractivity contribution < 1.29 is 28.7 Å². The van der Waals surface area contributed by atoms with Gasteiger partial charge in [0, 0.05) is 19.0 Å². The van der Waals surface area contributed by atoms with Crippen LogP contribution in [0.2, 0.25) is 0 Å². The summed E-state index contributed by atoms with van der Waals surface area (Å²) in [7, 11) is 1.39. The number of rotatable bonds is 9. The number of methoxy groups -OCH3 is 1. The van der Waals surface area contributed by atoms with E-state index in [0.29, 0.717) is 0 Å². The van der Waals surface area contributed by atoms with Crippen molar-refractivity contribution in [3.8, 4) is 11.5 Å². The predicted molar refractivity (Wildman–Crippen MR) is 150 cm³/mol. The molecule has 0 spiro atoms. The SMILES string of the molecule is COc1cc(C(=O)N2Cc3ccccc3C[C@H]2C(=O)OCc2ccccc2)c([N+](=O)[O-])cc1OCc1ccccc1. The highest BCUT2D eigenvalue weighted by atomic mass is 16.6. The molecule has 0 unspecified atom stereocenters. The smallest absolute Gasteiger partial charge is 0.329 e. The Morgan fingerprint density at radius 1 is 0.854 bits per heavy atom. The molecule has 9 heteroatoms. The molecular formula is C32H28N2O7. The lowest BCUT2D eigenvalue weighted by Crippen LogP contribution is -2.49. The second kappa shape index (κ2) is 12.3. The number of nitro benzene ring substituents is 1. The third kappa shape index (κ3) is 6.19. The molecule has 1 heterocycles. The average Bonchev–Trinajstić information content (AvgIpc) is 3.02. The molecule has 1 amide bonds. The first-order chi connectivity index (χ1) is 19.9. The molecule has 0 N–H and O–H groups in total. The number of benzene rings is 4. The largest absolute Gasteiger partial charge is 0.493 e. The minimum absolute atomic E-state index is 0.0429. The summed E-state index contributed by atoms with van der Waals surface area (Å²) in [6.45, 7) is 0.285. The maximum Gasteiger partial charge on any atom is 0.329 e. The van der Waals surface area contributed by atoms with Crippen molar-refractivity contribution in [2.75, 3.05) is 7.11 Å². The average molecular weight is 553 g/mol. The van der Waals surface area contributed by atoms with Crippen LogP contribution < -0.4 is 9.47 Å². The van der Waals surface area contributed by atoms with Crippen molar-refractivity contribution in [2.24, 2.45) is 0 Å². The number of amides is 1. The van der Waals surface area contributed by atoms with Gasteiger partial charge in [0.05, 0.1) is 18.1 Å². The monoisotopic (exact) mass is 552 g/mol. The Morgan fingerprint density at radius 3 is 2.10 bits per heavy atom. The van der Waals surface area contributed by atoms with Gasteiger partial charge in [-0.1, -0.05) is 84.9 Å². The van der Waals surface area contributed by atoms with E-state index in [4.69, 9.17) is 14.2 Å². The molecule has 4 aromatic carbocycles. The molecule has 208 valence electrons. The first-order valence-corrected chi connectivity index (χ1v) is 13.1. The van der Waals surface area contributed by atoms with Crippen molar-refractivity contribution in [3.63, 3.8) is 0 Å². The summed E-state index contributed by atoms with van der Waals surface area (Å²) in [4.78, 5) is 40.2. The van der Waals surface area contributed by atoms with Gasteiger partial charge in [0.25, 0.3) is 11.6 Å². The number of nitrogens with zero attached hydrogens (tertiary/aromatic N) is 2. The van der Waals surface area contributed by atoms with Gasteiger partial charge in [0.2, 0.25) is 0 Å². The number of hydrogen-bond donors (Lipinski definition) is 0. The van der Waals surface area contributed by atoms with Gasteiger partial charge in [-0.3, -0.25) is 14.9 Å². The minimum atomic E-state index is -0.972. The fraction of sp³-hybridized carbons (Fsp3) is 0.188. The maximum absolute atomic E-state index is 14.0. The summed E-state index contributed by atoms with van der Waals surface area (Å²) in [5.41, 5.74) is 2.77. The fourth-order valence-corrected chi connectivity index (χ4v) is 4.81. The van der Waals surface area contributed by atoms with Crippen LogP contribution in [0.1, 0.15) is 32.6 Å². The van der Waals surface area contributed by atoms with Crippen LogP contribution in [0.5, 0.6) is 11.5 Å². The van der Waals surface area contributed by atoms with Crippen LogP contribution in [0.4, 0.5) is 5.69 Å². The molecule has 0 bridgehead atoms. The van der Waals surface area contributed by atoms with Crippen molar-refractivity contribution >= 4 is 17.6 Å². The van der Waals surface area contributed by atoms with Crippen molar-refractivity contribution in [3.05, 3.63) is 135 Å². The third-order valence-electron chi connectivity index (χ3n) is 6.95. The zero-order chi connectivity index (χ0) is 28.8. The molecular weight excluding hydrogens is 524 g/mol. The molecule has 1 aliphatic rings. The van der Waals surface area contributed by atoms with E-state index >= 15 is 0 Å². The van der Waals surface area contributed by atoms with E-state index in [1.807, 2.05) is 84.9 Å². The third-order valence-corrected chi connectivity index (χ3v) is 6.95. The van der Waals surface area contributed by atoms with Gasteiger partial charge in [-0.2, -0.15) is 0 Å². The summed E-state index contributed by atoms with van der Waals surface area (Å²) >= 11 is 0. The van der Waals surface area contributed by atoms with E-state index in [1.54, 1.807) is 0 Å². The molecule has 0 aromatic heterocycles. The van der Waals surface area contributed by atoms with Crippen LogP contribution in [0.3, 0.4) is 0 Å². The molecule has 1 aliphatic heterocycles. The lowest BCUT2D eigenvalue weighted by atomic mass is 9.93. The van der Waals surface area contributed by atoms with Gasteiger partial charge < -0.3 is 19.1 Å². The van der Waals surface area contributed by atoms with Crippen LogP contribution in [0.15, 0.2) is 97.1 Å². The van der Waals surface area contributed by atoms with Crippen molar-refractivity contribution in [1.82, 2.24) is 4.90 Å². The predicted octanol–water partition coefficient (Wildman–Crippen LogP) is 5.49. The molecule has 1 atom stereocenters. The molecule has 0 saturated carbocycles. The number of hydrogen-bond acceptors (Lipinski definition) is 7. The Morgan fingerprint density at radius 2 is 1.46 bits per heavy atom. The molecule has 9 nitrogen and oxygen atoms in total. The second-order valence-corrected chi connectivity index (χ2v) is 9.57. The Hall–Kier alpha value is -5.18. The summed E-state index contributed by atoms with van der Waals surface area (Å²) in [6.07, 6.45) is 0.221. The normalized spacial score (nSPS) is 14.1.